The minimum absolute atomic E-state index is 0.242. The largest absolute Gasteiger partial charge is 0.465 e. The van der Waals surface area contributed by atoms with Crippen LogP contribution in [0, 0.1) is 0 Å². The maximum Gasteiger partial charge on any atom is 0.262 e. The Morgan fingerprint density at radius 1 is 0.870 bits per heavy atom. The average Bonchev–Trinajstić information content (AvgIpc) is 3.13. The maximum atomic E-state index is 12.2. The van der Waals surface area contributed by atoms with E-state index in [1.165, 1.54) is 6.08 Å². The number of nitrogens with zero attached hydrogens (tertiary/aromatic N) is 1. The number of hydrogen-bond acceptors (Lipinski definition) is 3. The number of amides is 1. The number of hydrazine groups is 1. The number of nitrogens with one attached hydrogen (secondary N) is 1. The third kappa shape index (κ3) is 3.89. The molecule has 1 N–H and O–H groups in total. The fraction of sp³-hybridized carbons (Fsp3) is 0. The van der Waals surface area contributed by atoms with E-state index >= 15 is 0 Å². The van der Waals surface area contributed by atoms with Crippen molar-refractivity contribution < 1.29 is 9.21 Å². The molecule has 3 aromatic rings. The minimum Gasteiger partial charge on any atom is -0.465 e. The molecule has 1 heterocycles. The Morgan fingerprint density at radius 3 is 2.00 bits per heavy atom. The Morgan fingerprint density at radius 2 is 1.48 bits per heavy atom. The molecule has 4 nitrogen and oxygen atoms in total. The third-order valence-corrected chi connectivity index (χ3v) is 3.19. The summed E-state index contributed by atoms with van der Waals surface area (Å²) < 4.78 is 5.18. The molecule has 114 valence electrons. The first kappa shape index (κ1) is 14.7. The van der Waals surface area contributed by atoms with Gasteiger partial charge in [0.1, 0.15) is 5.76 Å². The van der Waals surface area contributed by atoms with Crippen LogP contribution >= 0.6 is 0 Å². The van der Waals surface area contributed by atoms with Gasteiger partial charge in [-0.25, -0.2) is 0 Å². The van der Waals surface area contributed by atoms with Crippen molar-refractivity contribution in [1.29, 1.82) is 0 Å². The zero-order valence-corrected chi connectivity index (χ0v) is 12.4. The van der Waals surface area contributed by atoms with E-state index in [0.717, 1.165) is 11.4 Å². The number of benzene rings is 2. The number of rotatable bonds is 5. The monoisotopic (exact) mass is 304 g/mol. The maximum absolute atomic E-state index is 12.2. The first-order valence-electron chi connectivity index (χ1n) is 7.25. The third-order valence-electron chi connectivity index (χ3n) is 3.19. The van der Waals surface area contributed by atoms with E-state index in [1.807, 2.05) is 60.7 Å². The molecule has 0 atom stereocenters. The molecule has 1 amide bonds. The van der Waals surface area contributed by atoms with Gasteiger partial charge in [0, 0.05) is 6.08 Å². The highest BCUT2D eigenvalue weighted by Crippen LogP contribution is 2.22. The number of hydrogen-bond donors (Lipinski definition) is 1. The average molecular weight is 304 g/mol. The van der Waals surface area contributed by atoms with E-state index in [0.29, 0.717) is 5.76 Å². The highest BCUT2D eigenvalue weighted by molar-refractivity contribution is 5.93. The van der Waals surface area contributed by atoms with Crippen LogP contribution in [0.25, 0.3) is 6.08 Å². The minimum atomic E-state index is -0.242. The van der Waals surface area contributed by atoms with Gasteiger partial charge >= 0.3 is 0 Å². The van der Waals surface area contributed by atoms with Crippen molar-refractivity contribution in [2.75, 3.05) is 5.01 Å². The van der Waals surface area contributed by atoms with E-state index < -0.39 is 0 Å². The Labute approximate surface area is 134 Å². The van der Waals surface area contributed by atoms with Crippen LogP contribution in [0.5, 0.6) is 0 Å². The van der Waals surface area contributed by atoms with Gasteiger partial charge in [0.2, 0.25) is 0 Å². The fourth-order valence-electron chi connectivity index (χ4n) is 2.12. The second-order valence-corrected chi connectivity index (χ2v) is 4.83. The molecular weight excluding hydrogens is 288 g/mol. The lowest BCUT2D eigenvalue weighted by Gasteiger charge is -2.24. The van der Waals surface area contributed by atoms with Gasteiger partial charge in [0.15, 0.2) is 0 Å². The second kappa shape index (κ2) is 7.13. The summed E-state index contributed by atoms with van der Waals surface area (Å²) in [6.45, 7) is 0. The summed E-state index contributed by atoms with van der Waals surface area (Å²) >= 11 is 0. The molecule has 4 heteroatoms. The van der Waals surface area contributed by atoms with Gasteiger partial charge in [-0.15, -0.1) is 0 Å². The molecule has 2 aromatic carbocycles. The first-order chi connectivity index (χ1) is 11.3. The summed E-state index contributed by atoms with van der Waals surface area (Å²) in [6, 6.07) is 22.9. The molecule has 0 fully saturated rings. The lowest BCUT2D eigenvalue weighted by molar-refractivity contribution is -0.116. The summed E-state index contributed by atoms with van der Waals surface area (Å²) in [5.41, 5.74) is 4.63. The van der Waals surface area contributed by atoms with E-state index in [1.54, 1.807) is 29.5 Å². The summed E-state index contributed by atoms with van der Waals surface area (Å²) in [7, 11) is 0. The number of anilines is 2. The molecule has 0 aliphatic heterocycles. The van der Waals surface area contributed by atoms with Crippen molar-refractivity contribution in [2.45, 2.75) is 0 Å². The smallest absolute Gasteiger partial charge is 0.262 e. The van der Waals surface area contributed by atoms with E-state index in [-0.39, 0.29) is 5.91 Å². The SMILES string of the molecule is O=C(/C=C/c1ccco1)NN(c1ccccc1)c1ccccc1. The van der Waals surface area contributed by atoms with Crippen molar-refractivity contribution in [3.05, 3.63) is 90.9 Å². The standard InChI is InChI=1S/C19H16N2O2/c22-19(14-13-18-12-7-15-23-18)20-21(16-8-3-1-4-9-16)17-10-5-2-6-11-17/h1-15H,(H,20,22)/b14-13+. The molecule has 0 bridgehead atoms. The highest BCUT2D eigenvalue weighted by Gasteiger charge is 2.10. The normalized spacial score (nSPS) is 10.6. The second-order valence-electron chi connectivity index (χ2n) is 4.83. The van der Waals surface area contributed by atoms with Gasteiger partial charge in [0.05, 0.1) is 17.6 Å². The Bertz CT molecular complexity index is 726. The fourth-order valence-corrected chi connectivity index (χ4v) is 2.12. The number of para-hydroxylation sites is 2. The van der Waals surface area contributed by atoms with E-state index in [4.69, 9.17) is 4.42 Å². The zero-order valence-electron chi connectivity index (χ0n) is 12.4. The molecule has 3 rings (SSSR count). The molecule has 1 aromatic heterocycles. The van der Waals surface area contributed by atoms with Crippen LogP contribution in [-0.2, 0) is 4.79 Å². The van der Waals surface area contributed by atoms with Gasteiger partial charge in [0.25, 0.3) is 5.91 Å². The van der Waals surface area contributed by atoms with Crippen LogP contribution in [-0.4, -0.2) is 5.91 Å². The van der Waals surface area contributed by atoms with E-state index in [9.17, 15) is 4.79 Å². The number of carbonyl (C=O) groups is 1. The predicted octanol–water partition coefficient (Wildman–Crippen LogP) is 4.16. The summed E-state index contributed by atoms with van der Waals surface area (Å²) in [4.78, 5) is 12.2. The molecule has 0 saturated carbocycles. The number of furan rings is 1. The molecule has 0 unspecified atom stereocenters. The van der Waals surface area contributed by atoms with Crippen LogP contribution in [0.15, 0.2) is 89.6 Å². The van der Waals surface area contributed by atoms with Crippen LogP contribution in [0.1, 0.15) is 5.76 Å². The lowest BCUT2D eigenvalue weighted by Crippen LogP contribution is -2.37. The van der Waals surface area contributed by atoms with E-state index in [2.05, 4.69) is 5.43 Å². The van der Waals surface area contributed by atoms with Crippen molar-refractivity contribution in [3.63, 3.8) is 0 Å². The molecule has 23 heavy (non-hydrogen) atoms. The van der Waals surface area contributed by atoms with Crippen LogP contribution in [0.4, 0.5) is 11.4 Å². The summed E-state index contributed by atoms with van der Waals surface area (Å²) in [5, 5.41) is 1.74. The molecule has 0 saturated heterocycles. The van der Waals surface area contributed by atoms with Crippen LogP contribution in [0.2, 0.25) is 0 Å². The van der Waals surface area contributed by atoms with Gasteiger partial charge in [-0.3, -0.25) is 15.2 Å². The van der Waals surface area contributed by atoms with Crippen molar-refractivity contribution in [2.24, 2.45) is 0 Å². The Hall–Kier alpha value is -3.27. The molecule has 0 radical (unpaired) electrons. The van der Waals surface area contributed by atoms with Gasteiger partial charge in [-0.1, -0.05) is 36.4 Å². The van der Waals surface area contributed by atoms with Crippen molar-refractivity contribution in [1.82, 2.24) is 5.43 Å². The molecule has 0 aliphatic carbocycles. The quantitative estimate of drug-likeness (QED) is 0.568. The van der Waals surface area contributed by atoms with Gasteiger partial charge in [-0.2, -0.15) is 0 Å². The van der Waals surface area contributed by atoms with Crippen molar-refractivity contribution in [3.8, 4) is 0 Å². The molecular formula is C19H16N2O2. The highest BCUT2D eigenvalue weighted by atomic mass is 16.3. The Kier molecular flexibility index (Phi) is 4.55. The Balaban J connectivity index is 1.80. The van der Waals surface area contributed by atoms with Crippen LogP contribution < -0.4 is 10.4 Å². The number of carbonyl (C=O) groups excluding carboxylic acids is 1. The molecule has 0 spiro atoms. The lowest BCUT2D eigenvalue weighted by atomic mass is 10.2. The topological polar surface area (TPSA) is 45.5 Å². The molecule has 0 aliphatic rings. The van der Waals surface area contributed by atoms with Crippen molar-refractivity contribution >= 4 is 23.4 Å². The predicted molar refractivity (Wildman–Crippen MR) is 90.9 cm³/mol. The van der Waals surface area contributed by atoms with Gasteiger partial charge in [-0.05, 0) is 42.5 Å². The van der Waals surface area contributed by atoms with Gasteiger partial charge < -0.3 is 4.42 Å². The zero-order chi connectivity index (χ0) is 15.9. The summed E-state index contributed by atoms with van der Waals surface area (Å²) in [5.74, 6) is 0.389. The summed E-state index contributed by atoms with van der Waals surface area (Å²) in [6.07, 6.45) is 4.64. The first-order valence-corrected chi connectivity index (χ1v) is 7.25. The van der Waals surface area contributed by atoms with Crippen LogP contribution in [0.3, 0.4) is 0 Å².